The molecule has 0 saturated heterocycles. The summed E-state index contributed by atoms with van der Waals surface area (Å²) >= 11 is 0. The van der Waals surface area contributed by atoms with Gasteiger partial charge >= 0.3 is 0 Å². The number of benzene rings is 8. The van der Waals surface area contributed by atoms with E-state index >= 15 is 0 Å². The van der Waals surface area contributed by atoms with E-state index in [4.69, 9.17) is 11.0 Å². The van der Waals surface area contributed by atoms with E-state index in [1.165, 1.54) is 4.90 Å². The van der Waals surface area contributed by atoms with Crippen LogP contribution in [0.3, 0.4) is 0 Å². The average molecular weight is 559 g/mol. The maximum absolute atomic E-state index is 9.78. The fraction of sp³-hybridized carbons (Fsp3) is 0. The van der Waals surface area contributed by atoms with Gasteiger partial charge in [-0.25, -0.2) is 0 Å². The van der Waals surface area contributed by atoms with Crippen molar-refractivity contribution in [1.29, 1.82) is 0 Å². The SMILES string of the molecule is [2H]c1c([2H])c(-c2cccc3ccccc23)c([2H])c(N(c2cccc(-c3cccc4ccccc34)c2)c2c([2H])c([2H])c([2H])c3c([2H])c([2H])c([2H])c([2H])c23)c1[2H]. The second kappa shape index (κ2) is 10.6. The Morgan fingerprint density at radius 3 is 1.84 bits per heavy atom. The highest BCUT2D eigenvalue weighted by Crippen LogP contribution is 2.42. The zero-order valence-corrected chi connectivity index (χ0v) is 22.8. The minimum absolute atomic E-state index is 0.0546. The van der Waals surface area contributed by atoms with E-state index in [9.17, 15) is 4.11 Å². The summed E-state index contributed by atoms with van der Waals surface area (Å²) in [5.41, 5.74) is 1.88. The normalized spacial score (nSPS) is 14.8. The fourth-order valence-electron chi connectivity index (χ4n) is 5.65. The molecule has 0 spiro atoms. The van der Waals surface area contributed by atoms with E-state index in [1.807, 2.05) is 78.9 Å². The van der Waals surface area contributed by atoms with Crippen molar-refractivity contribution in [2.45, 2.75) is 0 Å². The van der Waals surface area contributed by atoms with E-state index in [0.29, 0.717) is 16.5 Å². The number of nitrogens with zero attached hydrogens (tertiary/aromatic N) is 1. The molecule has 0 aromatic heterocycles. The molecule has 43 heavy (non-hydrogen) atoms. The van der Waals surface area contributed by atoms with Crippen molar-refractivity contribution < 1.29 is 15.1 Å². The number of hydrogen-bond acceptors (Lipinski definition) is 1. The second-order valence-electron chi connectivity index (χ2n) is 10.1. The van der Waals surface area contributed by atoms with Crippen molar-refractivity contribution in [3.8, 4) is 22.3 Å². The topological polar surface area (TPSA) is 3.24 Å². The molecule has 0 N–H and O–H groups in total. The Labute approximate surface area is 267 Å². The highest BCUT2D eigenvalue weighted by molar-refractivity contribution is 6.02. The van der Waals surface area contributed by atoms with Gasteiger partial charge in [0, 0.05) is 16.8 Å². The predicted molar refractivity (Wildman–Crippen MR) is 185 cm³/mol. The van der Waals surface area contributed by atoms with Crippen molar-refractivity contribution in [3.63, 3.8) is 0 Å². The van der Waals surface area contributed by atoms with Crippen LogP contribution in [-0.2, 0) is 0 Å². The van der Waals surface area contributed by atoms with Gasteiger partial charge < -0.3 is 4.90 Å². The van der Waals surface area contributed by atoms with Crippen LogP contribution in [0.15, 0.2) is 176 Å². The van der Waals surface area contributed by atoms with Crippen molar-refractivity contribution >= 4 is 49.4 Å². The third-order valence-corrected chi connectivity index (χ3v) is 7.62. The quantitative estimate of drug-likeness (QED) is 0.203. The molecule has 0 heterocycles. The summed E-state index contributed by atoms with van der Waals surface area (Å²) in [5, 5.41) is 2.95. The third kappa shape index (κ3) is 4.52. The van der Waals surface area contributed by atoms with Gasteiger partial charge in [-0.2, -0.15) is 0 Å². The van der Waals surface area contributed by atoms with Gasteiger partial charge in [0.15, 0.2) is 0 Å². The van der Waals surface area contributed by atoms with Crippen LogP contribution in [0.4, 0.5) is 17.1 Å². The van der Waals surface area contributed by atoms with Gasteiger partial charge in [-0.1, -0.05) is 145 Å². The minimum atomic E-state index is -0.619. The van der Waals surface area contributed by atoms with Crippen LogP contribution in [0.25, 0.3) is 54.6 Å². The van der Waals surface area contributed by atoms with Crippen LogP contribution in [0.1, 0.15) is 15.1 Å². The van der Waals surface area contributed by atoms with Gasteiger partial charge in [0.25, 0.3) is 0 Å². The van der Waals surface area contributed by atoms with Crippen molar-refractivity contribution in [1.82, 2.24) is 0 Å². The Balaban J connectivity index is 1.54. The maximum atomic E-state index is 9.78. The Morgan fingerprint density at radius 2 is 1.05 bits per heavy atom. The summed E-state index contributed by atoms with van der Waals surface area (Å²) in [4.78, 5) is 1.33. The molecule has 0 amide bonds. The Kier molecular flexibility index (Phi) is 3.98. The van der Waals surface area contributed by atoms with Gasteiger partial charge in [-0.05, 0) is 79.4 Å². The lowest BCUT2D eigenvalue weighted by Crippen LogP contribution is -2.10. The molecule has 0 aliphatic carbocycles. The first-order valence-electron chi connectivity index (χ1n) is 19.4. The monoisotopic (exact) mass is 558 g/mol. The lowest BCUT2D eigenvalue weighted by molar-refractivity contribution is 1.30. The summed E-state index contributed by atoms with van der Waals surface area (Å²) in [6, 6.07) is 27.8. The first kappa shape index (κ1) is 16.1. The minimum Gasteiger partial charge on any atom is -0.310 e. The van der Waals surface area contributed by atoms with Crippen LogP contribution in [-0.4, -0.2) is 0 Å². The average Bonchev–Trinajstić information content (AvgIpc) is 3.19. The third-order valence-electron chi connectivity index (χ3n) is 7.62. The Morgan fingerprint density at radius 1 is 0.419 bits per heavy atom. The highest BCUT2D eigenvalue weighted by Gasteiger charge is 2.17. The van der Waals surface area contributed by atoms with Crippen LogP contribution < -0.4 is 4.90 Å². The molecule has 0 fully saturated rings. The largest absolute Gasteiger partial charge is 0.310 e. The molecule has 8 rings (SSSR count). The fourth-order valence-corrected chi connectivity index (χ4v) is 5.65. The van der Waals surface area contributed by atoms with E-state index in [1.54, 1.807) is 30.3 Å². The van der Waals surface area contributed by atoms with E-state index in [-0.39, 0.29) is 45.5 Å². The molecule has 0 aliphatic heterocycles. The van der Waals surface area contributed by atoms with Gasteiger partial charge in [0.05, 0.1) is 20.8 Å². The summed E-state index contributed by atoms with van der Waals surface area (Å²) in [6.45, 7) is 0. The number of rotatable bonds is 5. The molecular weight excluding hydrogens is 518 g/mol. The van der Waals surface area contributed by atoms with Crippen molar-refractivity contribution in [2.24, 2.45) is 0 Å². The van der Waals surface area contributed by atoms with E-state index in [0.717, 1.165) is 21.7 Å². The Bertz CT molecular complexity index is 2850. The number of fused-ring (bicyclic) bond motifs is 3. The van der Waals surface area contributed by atoms with Gasteiger partial charge in [-0.3, -0.25) is 0 Å². The summed E-state index contributed by atoms with van der Waals surface area (Å²) in [6.07, 6.45) is 0. The van der Waals surface area contributed by atoms with Crippen LogP contribution in [0.5, 0.6) is 0 Å². The molecule has 8 aromatic rings. The molecule has 1 nitrogen and oxygen atoms in total. The number of anilines is 3. The molecule has 0 unspecified atom stereocenters. The zero-order chi connectivity index (χ0) is 38.2. The van der Waals surface area contributed by atoms with Crippen molar-refractivity contribution in [2.75, 3.05) is 4.90 Å². The van der Waals surface area contributed by atoms with Crippen molar-refractivity contribution in [3.05, 3.63) is 176 Å². The molecule has 8 aromatic carbocycles. The maximum Gasteiger partial charge on any atom is 0.0651 e. The molecule has 0 bridgehead atoms. The van der Waals surface area contributed by atoms with Gasteiger partial charge in [-0.15, -0.1) is 0 Å². The second-order valence-corrected chi connectivity index (χ2v) is 10.1. The molecular formula is C42H29N. The summed E-state index contributed by atoms with van der Waals surface area (Å²) in [5.74, 6) is 0. The van der Waals surface area contributed by atoms with Crippen LogP contribution in [0.2, 0.25) is 0 Å². The van der Waals surface area contributed by atoms with Crippen LogP contribution in [0, 0.1) is 0 Å². The van der Waals surface area contributed by atoms with Gasteiger partial charge in [0.1, 0.15) is 0 Å². The first-order valence-corrected chi connectivity index (χ1v) is 13.9. The lowest BCUT2D eigenvalue weighted by atomic mass is 9.96. The van der Waals surface area contributed by atoms with E-state index in [2.05, 4.69) is 0 Å². The molecule has 1 heteroatoms. The zero-order valence-electron chi connectivity index (χ0n) is 33.8. The van der Waals surface area contributed by atoms with E-state index < -0.39 is 54.4 Å². The molecule has 0 saturated carbocycles. The summed E-state index contributed by atoms with van der Waals surface area (Å²) < 4.78 is 99.0. The predicted octanol–water partition coefficient (Wildman–Crippen LogP) is 11.9. The van der Waals surface area contributed by atoms with Crippen LogP contribution >= 0.6 is 0 Å². The molecule has 0 atom stereocenters. The molecule has 0 radical (unpaired) electrons. The molecule has 202 valence electrons. The smallest absolute Gasteiger partial charge is 0.0651 e. The standard InChI is InChI=1S/C42H29N/c1-4-22-37-30(12-1)15-9-25-39(37)33-18-7-20-35(28-33)43(42-27-11-17-32-14-3-6-24-41(32)42)36-21-8-19-34(29-36)40-26-10-16-31-13-2-5-23-38(31)40/h1-29H/i3D,6D,7D,11D,14D,17D,18D,20D,24D,27D,28D. The molecule has 0 aliphatic rings. The highest BCUT2D eigenvalue weighted by atomic mass is 15.1. The lowest BCUT2D eigenvalue weighted by Gasteiger charge is -2.28. The number of hydrogen-bond donors (Lipinski definition) is 0. The first-order chi connectivity index (χ1) is 25.9. The summed E-state index contributed by atoms with van der Waals surface area (Å²) in [7, 11) is 0. The van der Waals surface area contributed by atoms with Gasteiger partial charge in [0.2, 0.25) is 0 Å². The Hall–Kier alpha value is -5.66.